The first-order valence-corrected chi connectivity index (χ1v) is 9.93. The molecular formula is C21H33NO8. The number of hydrogen-bond donors (Lipinski definition) is 1. The highest BCUT2D eigenvalue weighted by Crippen LogP contribution is 2.47. The maximum atomic E-state index is 13.6. The Morgan fingerprint density at radius 1 is 1.20 bits per heavy atom. The lowest BCUT2D eigenvalue weighted by molar-refractivity contribution is -0.206. The predicted octanol–water partition coefficient (Wildman–Crippen LogP) is 2.37. The van der Waals surface area contributed by atoms with Gasteiger partial charge in [0.25, 0.3) is 5.91 Å². The molecule has 30 heavy (non-hydrogen) atoms. The van der Waals surface area contributed by atoms with Gasteiger partial charge in [-0.2, -0.15) is 0 Å². The Morgan fingerprint density at radius 3 is 2.23 bits per heavy atom. The third-order valence-electron chi connectivity index (χ3n) is 5.13. The number of benzene rings is 1. The van der Waals surface area contributed by atoms with Crippen LogP contribution in [0.2, 0.25) is 0 Å². The number of hydrogen-bond acceptors (Lipinski definition) is 8. The lowest BCUT2D eigenvalue weighted by atomic mass is 9.85. The van der Waals surface area contributed by atoms with E-state index in [1.165, 1.54) is 28.4 Å². The molecule has 1 N–H and O–H groups in total. The highest BCUT2D eigenvalue weighted by molar-refractivity contribution is 5.88. The minimum absolute atomic E-state index is 0.110. The van der Waals surface area contributed by atoms with Gasteiger partial charge in [0.1, 0.15) is 12.2 Å². The largest absolute Gasteiger partial charge is 0.493 e. The van der Waals surface area contributed by atoms with Crippen LogP contribution in [0.3, 0.4) is 0 Å². The molecule has 2 rings (SSSR count). The standard InChI is InChI=1S/C21H33NO8/c1-8-9-29-19-17(27-6)12-30-21(19,20(23)22(24)13(2)3)14-10-15(25-4)18(28-7)16(11-14)26-5/h10-11,13,17,19,24H,8-9,12H2,1-7H3. The molecule has 0 radical (unpaired) electrons. The molecule has 1 aromatic carbocycles. The average molecular weight is 427 g/mol. The molecular weight excluding hydrogens is 394 g/mol. The van der Waals surface area contributed by atoms with Gasteiger partial charge in [-0.05, 0) is 32.4 Å². The highest BCUT2D eigenvalue weighted by Gasteiger charge is 2.60. The van der Waals surface area contributed by atoms with Gasteiger partial charge in [0.2, 0.25) is 11.4 Å². The van der Waals surface area contributed by atoms with E-state index in [0.29, 0.717) is 34.5 Å². The number of carbonyl (C=O) groups excluding carboxylic acids is 1. The van der Waals surface area contributed by atoms with Crippen LogP contribution in [0.4, 0.5) is 0 Å². The van der Waals surface area contributed by atoms with Crippen molar-refractivity contribution >= 4 is 5.91 Å². The number of carbonyl (C=O) groups is 1. The lowest BCUT2D eigenvalue weighted by Gasteiger charge is -2.37. The molecule has 1 aliphatic rings. The fourth-order valence-electron chi connectivity index (χ4n) is 3.56. The number of methoxy groups -OCH3 is 4. The molecule has 0 saturated carbocycles. The van der Waals surface area contributed by atoms with E-state index in [9.17, 15) is 10.0 Å². The first kappa shape index (κ1) is 24.2. The summed E-state index contributed by atoms with van der Waals surface area (Å²) in [6, 6.07) is 2.79. The van der Waals surface area contributed by atoms with Crippen LogP contribution in [0, 0.1) is 0 Å². The maximum Gasteiger partial charge on any atom is 0.285 e. The van der Waals surface area contributed by atoms with Gasteiger partial charge in [0.15, 0.2) is 11.5 Å². The van der Waals surface area contributed by atoms with Crippen molar-refractivity contribution in [1.29, 1.82) is 0 Å². The predicted molar refractivity (Wildman–Crippen MR) is 108 cm³/mol. The van der Waals surface area contributed by atoms with Gasteiger partial charge < -0.3 is 28.4 Å². The van der Waals surface area contributed by atoms with Crippen LogP contribution >= 0.6 is 0 Å². The highest BCUT2D eigenvalue weighted by atomic mass is 16.6. The van der Waals surface area contributed by atoms with Crippen LogP contribution in [0.5, 0.6) is 17.2 Å². The fraction of sp³-hybridized carbons (Fsp3) is 0.667. The molecule has 9 heteroatoms. The third kappa shape index (κ3) is 4.20. The summed E-state index contributed by atoms with van der Waals surface area (Å²) in [5.74, 6) is 0.425. The van der Waals surface area contributed by atoms with Crippen molar-refractivity contribution in [3.63, 3.8) is 0 Å². The quantitative estimate of drug-likeness (QED) is 0.449. The number of hydroxylamine groups is 2. The zero-order valence-electron chi connectivity index (χ0n) is 18.8. The van der Waals surface area contributed by atoms with Crippen molar-refractivity contribution in [2.24, 2.45) is 0 Å². The van der Waals surface area contributed by atoms with Crippen molar-refractivity contribution in [3.8, 4) is 17.2 Å². The van der Waals surface area contributed by atoms with Crippen LogP contribution in [-0.2, 0) is 24.6 Å². The molecule has 9 nitrogen and oxygen atoms in total. The van der Waals surface area contributed by atoms with Gasteiger partial charge in [-0.1, -0.05) is 6.92 Å². The van der Waals surface area contributed by atoms with Crippen LogP contribution in [0.25, 0.3) is 0 Å². The molecule has 3 atom stereocenters. The molecule has 1 aliphatic heterocycles. The molecule has 1 heterocycles. The van der Waals surface area contributed by atoms with E-state index < -0.39 is 29.8 Å². The van der Waals surface area contributed by atoms with Gasteiger partial charge >= 0.3 is 0 Å². The van der Waals surface area contributed by atoms with Crippen molar-refractivity contribution in [2.45, 2.75) is 51.0 Å². The lowest BCUT2D eigenvalue weighted by Crippen LogP contribution is -2.55. The van der Waals surface area contributed by atoms with Crippen LogP contribution in [0.15, 0.2) is 12.1 Å². The summed E-state index contributed by atoms with van der Waals surface area (Å²) in [6.07, 6.45) is -0.578. The molecule has 0 aliphatic carbocycles. The van der Waals surface area contributed by atoms with Gasteiger partial charge in [-0.25, -0.2) is 5.06 Å². The van der Waals surface area contributed by atoms with Crippen molar-refractivity contribution in [1.82, 2.24) is 5.06 Å². The maximum absolute atomic E-state index is 13.6. The first-order chi connectivity index (χ1) is 14.3. The summed E-state index contributed by atoms with van der Waals surface area (Å²) >= 11 is 0. The Kier molecular flexibility index (Phi) is 8.31. The third-order valence-corrected chi connectivity index (χ3v) is 5.13. The normalized spacial score (nSPS) is 23.5. The van der Waals surface area contributed by atoms with Gasteiger partial charge in [0, 0.05) is 19.3 Å². The van der Waals surface area contributed by atoms with Gasteiger partial charge in [-0.3, -0.25) is 10.0 Å². The second kappa shape index (κ2) is 10.3. The number of rotatable bonds is 10. The summed E-state index contributed by atoms with van der Waals surface area (Å²) in [5, 5.41) is 11.2. The first-order valence-electron chi connectivity index (χ1n) is 9.93. The van der Waals surface area contributed by atoms with E-state index in [-0.39, 0.29) is 6.61 Å². The van der Waals surface area contributed by atoms with Crippen LogP contribution in [0.1, 0.15) is 32.8 Å². The van der Waals surface area contributed by atoms with Gasteiger partial charge in [-0.15, -0.1) is 0 Å². The SMILES string of the molecule is CCCOC1C(OC)COC1(C(=O)N(O)C(C)C)c1cc(OC)c(OC)c(OC)c1. The minimum Gasteiger partial charge on any atom is -0.493 e. The zero-order valence-corrected chi connectivity index (χ0v) is 18.8. The molecule has 170 valence electrons. The Balaban J connectivity index is 2.75. The van der Waals surface area contributed by atoms with E-state index in [0.717, 1.165) is 6.42 Å². The van der Waals surface area contributed by atoms with E-state index >= 15 is 0 Å². The monoisotopic (exact) mass is 427 g/mol. The van der Waals surface area contributed by atoms with E-state index in [2.05, 4.69) is 0 Å². The Morgan fingerprint density at radius 2 is 1.80 bits per heavy atom. The summed E-state index contributed by atoms with van der Waals surface area (Å²) < 4.78 is 34.0. The fourth-order valence-corrected chi connectivity index (χ4v) is 3.56. The summed E-state index contributed by atoms with van der Waals surface area (Å²) in [7, 11) is 6.00. The molecule has 1 fully saturated rings. The molecule has 0 spiro atoms. The smallest absolute Gasteiger partial charge is 0.285 e. The van der Waals surface area contributed by atoms with Gasteiger partial charge in [0.05, 0.1) is 34.0 Å². The van der Waals surface area contributed by atoms with E-state index in [4.69, 9.17) is 28.4 Å². The van der Waals surface area contributed by atoms with Crippen LogP contribution < -0.4 is 14.2 Å². The summed E-state index contributed by atoms with van der Waals surface area (Å²) in [6.45, 7) is 5.86. The molecule has 1 aromatic rings. The second-order valence-electron chi connectivity index (χ2n) is 7.27. The molecule has 0 bridgehead atoms. The van der Waals surface area contributed by atoms with Crippen molar-refractivity contribution in [2.75, 3.05) is 41.7 Å². The topological polar surface area (TPSA) is 95.9 Å². The summed E-state index contributed by atoms with van der Waals surface area (Å²) in [5.41, 5.74) is -1.26. The Hall–Kier alpha value is -2.07. The van der Waals surface area contributed by atoms with E-state index in [1.807, 2.05) is 6.92 Å². The molecule has 0 aromatic heterocycles. The molecule has 1 saturated heterocycles. The number of nitrogens with zero attached hydrogens (tertiary/aromatic N) is 1. The van der Waals surface area contributed by atoms with Crippen molar-refractivity contribution < 1.29 is 38.4 Å². The minimum atomic E-state index is -1.66. The second-order valence-corrected chi connectivity index (χ2v) is 7.27. The molecule has 3 unspecified atom stereocenters. The number of ether oxygens (including phenoxy) is 6. The van der Waals surface area contributed by atoms with Crippen molar-refractivity contribution in [3.05, 3.63) is 17.7 Å². The van der Waals surface area contributed by atoms with Crippen LogP contribution in [-0.4, -0.2) is 76.1 Å². The average Bonchev–Trinajstić information content (AvgIpc) is 3.14. The zero-order chi connectivity index (χ0) is 22.5. The molecule has 1 amide bonds. The Bertz CT molecular complexity index is 700. The Labute approximate surface area is 177 Å². The number of amides is 1. The van der Waals surface area contributed by atoms with E-state index in [1.54, 1.807) is 26.0 Å². The summed E-state index contributed by atoms with van der Waals surface area (Å²) in [4.78, 5) is 13.6.